The molecule has 6 nitrogen and oxygen atoms in total. The highest BCUT2D eigenvalue weighted by Gasteiger charge is 2.29. The van der Waals surface area contributed by atoms with E-state index in [-0.39, 0.29) is 17.8 Å². The molecule has 0 radical (unpaired) electrons. The van der Waals surface area contributed by atoms with Crippen LogP contribution in [0.3, 0.4) is 0 Å². The Morgan fingerprint density at radius 3 is 3.10 bits per heavy atom. The van der Waals surface area contributed by atoms with Crippen LogP contribution in [0.2, 0.25) is 0 Å². The van der Waals surface area contributed by atoms with Crippen LogP contribution in [0, 0.1) is 0 Å². The zero-order valence-electron chi connectivity index (χ0n) is 12.3. The molecule has 21 heavy (non-hydrogen) atoms. The number of carbonyl (C=O) groups excluding carboxylic acids is 1. The van der Waals surface area contributed by atoms with Crippen LogP contribution in [-0.4, -0.2) is 48.7 Å². The average molecular weight is 330 g/mol. The smallest absolute Gasteiger partial charge is 0.265 e. The lowest BCUT2D eigenvalue weighted by atomic mass is 10.2. The molecule has 1 aromatic rings. The Hall–Kier alpha value is -0.990. The molecule has 4 N–H and O–H groups in total. The maximum atomic E-state index is 12.3. The minimum Gasteiger partial charge on any atom is -0.383 e. The van der Waals surface area contributed by atoms with Crippen LogP contribution in [-0.2, 0) is 4.74 Å². The molecule has 1 aromatic heterocycles. The number of rotatable bonds is 7. The second-order valence-corrected chi connectivity index (χ2v) is 7.01. The Morgan fingerprint density at radius 1 is 1.57 bits per heavy atom. The van der Waals surface area contributed by atoms with Crippen LogP contribution < -0.4 is 16.4 Å². The molecule has 2 unspecified atom stereocenters. The number of aromatic nitrogens is 1. The van der Waals surface area contributed by atoms with E-state index >= 15 is 0 Å². The van der Waals surface area contributed by atoms with Gasteiger partial charge in [-0.3, -0.25) is 4.79 Å². The Labute approximate surface area is 133 Å². The maximum absolute atomic E-state index is 12.3. The number of methoxy groups -OCH3 is 1. The van der Waals surface area contributed by atoms with Gasteiger partial charge in [0.25, 0.3) is 5.91 Å². The Bertz CT molecular complexity index is 481. The number of anilines is 2. The van der Waals surface area contributed by atoms with Crippen molar-refractivity contribution in [2.75, 3.05) is 37.6 Å². The second kappa shape index (κ2) is 7.86. The zero-order chi connectivity index (χ0) is 15.2. The van der Waals surface area contributed by atoms with Gasteiger partial charge in [-0.2, -0.15) is 11.8 Å². The third-order valence-corrected chi connectivity index (χ3v) is 5.71. The fourth-order valence-electron chi connectivity index (χ4n) is 2.44. The predicted molar refractivity (Wildman–Crippen MR) is 89.3 cm³/mol. The summed E-state index contributed by atoms with van der Waals surface area (Å²) in [5, 5.41) is 7.35. The van der Waals surface area contributed by atoms with E-state index in [9.17, 15) is 4.79 Å². The highest BCUT2D eigenvalue weighted by atomic mass is 32.2. The quantitative estimate of drug-likeness (QED) is 0.661. The third kappa shape index (κ3) is 4.24. The van der Waals surface area contributed by atoms with Crippen LogP contribution in [0.1, 0.15) is 28.9 Å². The molecule has 2 atom stereocenters. The van der Waals surface area contributed by atoms with Gasteiger partial charge in [0.1, 0.15) is 10.7 Å². The van der Waals surface area contributed by atoms with Crippen molar-refractivity contribution in [1.29, 1.82) is 0 Å². The summed E-state index contributed by atoms with van der Waals surface area (Å²) in [4.78, 5) is 17.0. The first-order valence-electron chi connectivity index (χ1n) is 6.98. The predicted octanol–water partition coefficient (Wildman–Crippen LogP) is 1.80. The molecule has 0 aliphatic heterocycles. The molecule has 1 amide bonds. The first kappa shape index (κ1) is 16.4. The van der Waals surface area contributed by atoms with E-state index in [1.165, 1.54) is 17.8 Å². The van der Waals surface area contributed by atoms with Gasteiger partial charge in [-0.25, -0.2) is 4.98 Å². The highest BCUT2D eigenvalue weighted by Crippen LogP contribution is 2.30. The van der Waals surface area contributed by atoms with E-state index in [4.69, 9.17) is 10.5 Å². The zero-order valence-corrected chi connectivity index (χ0v) is 14.0. The van der Waals surface area contributed by atoms with Crippen molar-refractivity contribution >= 4 is 40.0 Å². The summed E-state index contributed by atoms with van der Waals surface area (Å²) in [6.45, 7) is 1.22. The second-order valence-electron chi connectivity index (χ2n) is 4.94. The maximum Gasteiger partial charge on any atom is 0.265 e. The normalized spacial score (nSPS) is 21.4. The summed E-state index contributed by atoms with van der Waals surface area (Å²) in [5.74, 6) is 0.173. The standard InChI is InChI=1S/C13H22N4O2S2/c1-19-7-6-15-13-17-11(14)10(21-13)12(18)16-8-4-3-5-9(8)20-2/h8-9H,3-7,14H2,1-2H3,(H,15,17)(H,16,18). The number of nitrogens with two attached hydrogens (primary N) is 1. The largest absolute Gasteiger partial charge is 0.383 e. The summed E-state index contributed by atoms with van der Waals surface area (Å²) >= 11 is 3.10. The lowest BCUT2D eigenvalue weighted by molar-refractivity contribution is 0.0943. The van der Waals surface area contributed by atoms with Gasteiger partial charge in [-0.1, -0.05) is 17.8 Å². The summed E-state index contributed by atoms with van der Waals surface area (Å²) in [6.07, 6.45) is 5.45. The average Bonchev–Trinajstić information content (AvgIpc) is 3.05. The summed E-state index contributed by atoms with van der Waals surface area (Å²) in [5.41, 5.74) is 5.85. The number of thiazole rings is 1. The molecule has 0 spiro atoms. The van der Waals surface area contributed by atoms with Gasteiger partial charge in [0.15, 0.2) is 5.13 Å². The lowest BCUT2D eigenvalue weighted by Gasteiger charge is -2.18. The number of hydrogen-bond donors (Lipinski definition) is 3. The summed E-state index contributed by atoms with van der Waals surface area (Å²) in [6, 6.07) is 0.235. The van der Waals surface area contributed by atoms with Gasteiger partial charge in [0.05, 0.1) is 6.61 Å². The third-order valence-electron chi connectivity index (χ3n) is 3.51. The van der Waals surface area contributed by atoms with E-state index in [0.29, 0.717) is 28.4 Å². The number of nitrogen functional groups attached to an aromatic ring is 1. The van der Waals surface area contributed by atoms with Crippen LogP contribution in [0.25, 0.3) is 0 Å². The Morgan fingerprint density at radius 2 is 2.38 bits per heavy atom. The molecule has 2 rings (SSSR count). The van der Waals surface area contributed by atoms with Crippen LogP contribution in [0.4, 0.5) is 10.9 Å². The minimum absolute atomic E-state index is 0.115. The van der Waals surface area contributed by atoms with Crippen LogP contribution in [0.5, 0.6) is 0 Å². The van der Waals surface area contributed by atoms with Crippen LogP contribution >= 0.6 is 23.1 Å². The van der Waals surface area contributed by atoms with Gasteiger partial charge in [-0.15, -0.1) is 0 Å². The number of amides is 1. The van der Waals surface area contributed by atoms with Gasteiger partial charge < -0.3 is 21.1 Å². The molecule has 118 valence electrons. The molecular formula is C13H22N4O2S2. The van der Waals surface area contributed by atoms with Gasteiger partial charge >= 0.3 is 0 Å². The van der Waals surface area contributed by atoms with Crippen molar-refractivity contribution in [2.45, 2.75) is 30.6 Å². The van der Waals surface area contributed by atoms with Gasteiger partial charge in [-0.05, 0) is 19.1 Å². The SMILES string of the molecule is COCCNc1nc(N)c(C(=O)NC2CCCC2SC)s1. The number of nitrogens with one attached hydrogen (secondary N) is 2. The van der Waals surface area contributed by atoms with Gasteiger partial charge in [0.2, 0.25) is 0 Å². The van der Waals surface area contributed by atoms with E-state index < -0.39 is 0 Å². The number of ether oxygens (including phenoxy) is 1. The van der Waals surface area contributed by atoms with Crippen molar-refractivity contribution < 1.29 is 9.53 Å². The van der Waals surface area contributed by atoms with E-state index in [0.717, 1.165) is 12.8 Å². The highest BCUT2D eigenvalue weighted by molar-refractivity contribution is 7.99. The summed E-state index contributed by atoms with van der Waals surface area (Å²) in [7, 11) is 1.64. The van der Waals surface area contributed by atoms with Crippen molar-refractivity contribution in [1.82, 2.24) is 10.3 Å². The Kier molecular flexibility index (Phi) is 6.13. The lowest BCUT2D eigenvalue weighted by Crippen LogP contribution is -2.38. The molecule has 1 fully saturated rings. The summed E-state index contributed by atoms with van der Waals surface area (Å²) < 4.78 is 4.96. The van der Waals surface area contributed by atoms with Crippen LogP contribution in [0.15, 0.2) is 0 Å². The molecule has 1 aliphatic rings. The van der Waals surface area contributed by atoms with Crippen molar-refractivity contribution in [2.24, 2.45) is 0 Å². The molecule has 1 aliphatic carbocycles. The van der Waals surface area contributed by atoms with E-state index in [1.807, 2.05) is 11.8 Å². The Balaban J connectivity index is 1.95. The monoisotopic (exact) mass is 330 g/mol. The molecule has 0 saturated heterocycles. The van der Waals surface area contributed by atoms with Crippen molar-refractivity contribution in [3.63, 3.8) is 0 Å². The molecule has 8 heteroatoms. The number of thioether (sulfide) groups is 1. The molecule has 1 heterocycles. The van der Waals surface area contributed by atoms with E-state index in [1.54, 1.807) is 7.11 Å². The molecular weight excluding hydrogens is 308 g/mol. The number of carbonyl (C=O) groups is 1. The molecule has 1 saturated carbocycles. The van der Waals surface area contributed by atoms with Crippen molar-refractivity contribution in [3.8, 4) is 0 Å². The van der Waals surface area contributed by atoms with Crippen molar-refractivity contribution in [3.05, 3.63) is 4.88 Å². The molecule has 0 bridgehead atoms. The van der Waals surface area contributed by atoms with E-state index in [2.05, 4.69) is 21.9 Å². The number of hydrogen-bond acceptors (Lipinski definition) is 7. The first-order chi connectivity index (χ1) is 10.2. The fourth-order valence-corrected chi connectivity index (χ4v) is 4.19. The first-order valence-corrected chi connectivity index (χ1v) is 9.09. The number of nitrogens with zero attached hydrogens (tertiary/aromatic N) is 1. The molecule has 0 aromatic carbocycles. The van der Waals surface area contributed by atoms with Gasteiger partial charge in [0, 0.05) is 24.9 Å². The fraction of sp³-hybridized carbons (Fsp3) is 0.692. The minimum atomic E-state index is -0.115. The topological polar surface area (TPSA) is 89.3 Å².